The molecule has 5 nitrogen and oxygen atoms in total. The van der Waals surface area contributed by atoms with Crippen molar-refractivity contribution in [3.63, 3.8) is 0 Å². The second-order valence-corrected chi connectivity index (χ2v) is 4.87. The maximum Gasteiger partial charge on any atom is 0.354 e. The van der Waals surface area contributed by atoms with Crippen molar-refractivity contribution in [1.29, 1.82) is 0 Å². The number of nitrogens with zero attached hydrogens (tertiary/aromatic N) is 2. The lowest BCUT2D eigenvalue weighted by atomic mass is 10.1. The number of amides is 1. The number of carbonyl (C=O) groups excluding carboxylic acids is 1. The molecule has 1 aromatic heterocycles. The number of carbonyl (C=O) groups is 2. The highest BCUT2D eigenvalue weighted by molar-refractivity contribution is 6.05. The molecule has 0 fully saturated rings. The molecule has 0 aliphatic heterocycles. The maximum absolute atomic E-state index is 12.4. The molecule has 0 bridgehead atoms. The third-order valence-corrected chi connectivity index (χ3v) is 3.21. The number of carboxylic acids is 1. The van der Waals surface area contributed by atoms with Gasteiger partial charge >= 0.3 is 5.97 Å². The lowest BCUT2D eigenvalue weighted by Gasteiger charge is -2.19. The summed E-state index contributed by atoms with van der Waals surface area (Å²) in [5.41, 5.74) is 2.82. The highest BCUT2D eigenvalue weighted by atomic mass is 16.4. The summed E-state index contributed by atoms with van der Waals surface area (Å²) in [7, 11) is 1.65. The van der Waals surface area contributed by atoms with Crippen molar-refractivity contribution >= 4 is 17.6 Å². The molecule has 21 heavy (non-hydrogen) atoms. The molecule has 0 spiro atoms. The van der Waals surface area contributed by atoms with Gasteiger partial charge in [0.1, 0.15) is 11.4 Å². The third-order valence-electron chi connectivity index (χ3n) is 3.21. The third kappa shape index (κ3) is 3.08. The van der Waals surface area contributed by atoms with Gasteiger partial charge < -0.3 is 10.0 Å². The molecular weight excluding hydrogens is 268 g/mol. The minimum absolute atomic E-state index is 0.109. The molecule has 0 saturated carbocycles. The number of hydrogen-bond acceptors (Lipinski definition) is 3. The first-order valence-corrected chi connectivity index (χ1v) is 6.46. The summed E-state index contributed by atoms with van der Waals surface area (Å²) in [5.74, 6) is -1.50. The van der Waals surface area contributed by atoms with Crippen LogP contribution in [0.5, 0.6) is 0 Å². The summed E-state index contributed by atoms with van der Waals surface area (Å²) in [6, 6.07) is 10.2. The van der Waals surface area contributed by atoms with Crippen LogP contribution in [0.15, 0.2) is 36.4 Å². The molecule has 0 atom stereocenters. The Morgan fingerprint density at radius 3 is 2.38 bits per heavy atom. The van der Waals surface area contributed by atoms with Gasteiger partial charge in [0.25, 0.3) is 5.91 Å². The Kier molecular flexibility index (Phi) is 4.03. The van der Waals surface area contributed by atoms with Gasteiger partial charge in [-0.05, 0) is 37.6 Å². The van der Waals surface area contributed by atoms with Crippen LogP contribution < -0.4 is 4.90 Å². The number of benzene rings is 1. The van der Waals surface area contributed by atoms with Gasteiger partial charge in [0.05, 0.1) is 0 Å². The second kappa shape index (κ2) is 5.75. The lowest BCUT2D eigenvalue weighted by Crippen LogP contribution is -2.28. The van der Waals surface area contributed by atoms with Crippen molar-refractivity contribution in [3.05, 3.63) is 58.9 Å². The molecule has 0 saturated heterocycles. The van der Waals surface area contributed by atoms with Crippen molar-refractivity contribution in [2.24, 2.45) is 0 Å². The number of rotatable bonds is 3. The zero-order valence-electron chi connectivity index (χ0n) is 12.1. The van der Waals surface area contributed by atoms with E-state index < -0.39 is 5.97 Å². The zero-order chi connectivity index (χ0) is 15.6. The molecule has 0 aliphatic carbocycles. The molecule has 1 aromatic carbocycles. The van der Waals surface area contributed by atoms with E-state index in [2.05, 4.69) is 4.98 Å². The molecule has 2 aromatic rings. The Morgan fingerprint density at radius 1 is 1.10 bits per heavy atom. The molecule has 0 unspecified atom stereocenters. The van der Waals surface area contributed by atoms with E-state index in [-0.39, 0.29) is 17.3 Å². The Morgan fingerprint density at radius 2 is 1.76 bits per heavy atom. The molecule has 0 radical (unpaired) electrons. The maximum atomic E-state index is 12.4. The first kappa shape index (κ1) is 14.7. The minimum Gasteiger partial charge on any atom is -0.477 e. The SMILES string of the molecule is Cc1ccc(N(C)C(=O)c2cccc(C(=O)O)n2)c(C)c1. The van der Waals surface area contributed by atoms with Crippen LogP contribution >= 0.6 is 0 Å². The largest absolute Gasteiger partial charge is 0.477 e. The fourth-order valence-corrected chi connectivity index (χ4v) is 2.14. The van der Waals surface area contributed by atoms with Gasteiger partial charge in [-0.3, -0.25) is 4.79 Å². The Hall–Kier alpha value is -2.69. The van der Waals surface area contributed by atoms with Gasteiger partial charge in [0, 0.05) is 12.7 Å². The monoisotopic (exact) mass is 284 g/mol. The fourth-order valence-electron chi connectivity index (χ4n) is 2.14. The number of carboxylic acid groups (broad SMARTS) is 1. The van der Waals surface area contributed by atoms with Gasteiger partial charge in [-0.2, -0.15) is 0 Å². The molecule has 1 heterocycles. The van der Waals surface area contributed by atoms with Gasteiger partial charge in [0.2, 0.25) is 0 Å². The minimum atomic E-state index is -1.15. The summed E-state index contributed by atoms with van der Waals surface area (Å²) >= 11 is 0. The van der Waals surface area contributed by atoms with Crippen LogP contribution in [0.25, 0.3) is 0 Å². The normalized spacial score (nSPS) is 10.2. The Labute approximate surface area is 122 Å². The molecule has 108 valence electrons. The number of aromatic nitrogens is 1. The standard InChI is InChI=1S/C16H16N2O3/c1-10-7-8-14(11(2)9-10)18(3)15(19)12-5-4-6-13(17-12)16(20)21/h4-9H,1-3H3,(H,20,21). The van der Waals surface area contributed by atoms with Crippen LogP contribution in [0, 0.1) is 13.8 Å². The van der Waals surface area contributed by atoms with E-state index in [1.165, 1.54) is 23.1 Å². The van der Waals surface area contributed by atoms with Gasteiger partial charge in [0.15, 0.2) is 0 Å². The average Bonchev–Trinajstić information content (AvgIpc) is 2.46. The number of aromatic carboxylic acids is 1. The number of aryl methyl sites for hydroxylation is 2. The van der Waals surface area contributed by atoms with E-state index in [1.54, 1.807) is 7.05 Å². The summed E-state index contributed by atoms with van der Waals surface area (Å²) in [4.78, 5) is 28.7. The highest BCUT2D eigenvalue weighted by Crippen LogP contribution is 2.21. The molecule has 5 heteroatoms. The van der Waals surface area contributed by atoms with Crippen molar-refractivity contribution in [1.82, 2.24) is 4.98 Å². The molecule has 2 rings (SSSR count). The Balaban J connectivity index is 2.35. The second-order valence-electron chi connectivity index (χ2n) is 4.87. The quantitative estimate of drug-likeness (QED) is 0.940. The average molecular weight is 284 g/mol. The van der Waals surface area contributed by atoms with E-state index in [4.69, 9.17) is 5.11 Å². The predicted octanol–water partition coefficient (Wildman–Crippen LogP) is 2.67. The van der Waals surface area contributed by atoms with E-state index in [0.717, 1.165) is 16.8 Å². The highest BCUT2D eigenvalue weighted by Gasteiger charge is 2.18. The first-order chi connectivity index (χ1) is 9.90. The molecule has 0 aliphatic rings. The van der Waals surface area contributed by atoms with E-state index in [0.29, 0.717) is 0 Å². The van der Waals surface area contributed by atoms with Gasteiger partial charge in [-0.1, -0.05) is 23.8 Å². The van der Waals surface area contributed by atoms with E-state index in [1.807, 2.05) is 32.0 Å². The predicted molar refractivity (Wildman–Crippen MR) is 79.8 cm³/mol. The molecule has 1 amide bonds. The van der Waals surface area contributed by atoms with Gasteiger partial charge in [-0.15, -0.1) is 0 Å². The fraction of sp³-hybridized carbons (Fsp3) is 0.188. The van der Waals surface area contributed by atoms with Crippen LogP contribution in [0.4, 0.5) is 5.69 Å². The number of anilines is 1. The Bertz CT molecular complexity index is 710. The van der Waals surface area contributed by atoms with Crippen LogP contribution in [0.2, 0.25) is 0 Å². The first-order valence-electron chi connectivity index (χ1n) is 6.46. The van der Waals surface area contributed by atoms with Crippen molar-refractivity contribution < 1.29 is 14.7 Å². The lowest BCUT2D eigenvalue weighted by molar-refractivity contribution is 0.0690. The number of hydrogen-bond donors (Lipinski definition) is 1. The summed E-state index contributed by atoms with van der Waals surface area (Å²) in [6.45, 7) is 3.91. The molecule has 1 N–H and O–H groups in total. The van der Waals surface area contributed by atoms with E-state index >= 15 is 0 Å². The van der Waals surface area contributed by atoms with Crippen LogP contribution in [-0.2, 0) is 0 Å². The molecular formula is C16H16N2O3. The van der Waals surface area contributed by atoms with Crippen LogP contribution in [0.1, 0.15) is 32.1 Å². The van der Waals surface area contributed by atoms with Crippen LogP contribution in [-0.4, -0.2) is 29.0 Å². The van der Waals surface area contributed by atoms with Crippen molar-refractivity contribution in [2.45, 2.75) is 13.8 Å². The van der Waals surface area contributed by atoms with E-state index in [9.17, 15) is 9.59 Å². The van der Waals surface area contributed by atoms with Gasteiger partial charge in [-0.25, -0.2) is 9.78 Å². The van der Waals surface area contributed by atoms with Crippen molar-refractivity contribution in [3.8, 4) is 0 Å². The summed E-state index contributed by atoms with van der Waals surface area (Å²) in [5, 5.41) is 8.93. The summed E-state index contributed by atoms with van der Waals surface area (Å²) < 4.78 is 0. The van der Waals surface area contributed by atoms with Crippen molar-refractivity contribution in [2.75, 3.05) is 11.9 Å². The zero-order valence-corrected chi connectivity index (χ0v) is 12.1. The summed E-state index contributed by atoms with van der Waals surface area (Å²) in [6.07, 6.45) is 0. The number of pyridine rings is 1. The van der Waals surface area contributed by atoms with Crippen LogP contribution in [0.3, 0.4) is 0 Å². The smallest absolute Gasteiger partial charge is 0.354 e. The topological polar surface area (TPSA) is 70.5 Å².